The van der Waals surface area contributed by atoms with Crippen molar-refractivity contribution in [1.29, 1.82) is 0 Å². The number of aryl methyl sites for hydroxylation is 2. The number of rotatable bonds is 3. The maximum atomic E-state index is 10.7. The van der Waals surface area contributed by atoms with Gasteiger partial charge in [-0.15, -0.1) is 0 Å². The minimum Gasteiger partial charge on any atom is -0.475 e. The summed E-state index contributed by atoms with van der Waals surface area (Å²) >= 11 is 0. The Balaban J connectivity index is 2.25. The molecule has 1 heterocycles. The number of benzene rings is 1. The molecule has 0 aliphatic rings. The number of carboxylic acids is 1. The van der Waals surface area contributed by atoms with Gasteiger partial charge in [-0.3, -0.25) is 0 Å². The second-order valence-electron chi connectivity index (χ2n) is 3.91. The van der Waals surface area contributed by atoms with Crippen molar-refractivity contribution in [2.24, 2.45) is 0 Å². The largest absolute Gasteiger partial charge is 0.475 e. The van der Waals surface area contributed by atoms with Gasteiger partial charge >= 0.3 is 5.97 Å². The highest BCUT2D eigenvalue weighted by atomic mass is 16.4. The van der Waals surface area contributed by atoms with Gasteiger partial charge < -0.3 is 14.8 Å². The van der Waals surface area contributed by atoms with Gasteiger partial charge in [-0.1, -0.05) is 12.1 Å². The lowest BCUT2D eigenvalue weighted by Gasteiger charge is -2.07. The molecule has 0 atom stereocenters. The average molecular weight is 231 g/mol. The number of furan rings is 1. The lowest BCUT2D eigenvalue weighted by Crippen LogP contribution is -1.94. The van der Waals surface area contributed by atoms with E-state index < -0.39 is 5.97 Å². The van der Waals surface area contributed by atoms with E-state index in [2.05, 4.69) is 5.32 Å². The molecule has 0 aliphatic carbocycles. The number of aromatic carboxylic acids is 1. The van der Waals surface area contributed by atoms with Crippen LogP contribution < -0.4 is 5.32 Å². The topological polar surface area (TPSA) is 62.5 Å². The normalized spacial score (nSPS) is 10.2. The minimum absolute atomic E-state index is 0.0715. The SMILES string of the molecule is Cc1ccc(C)c(Nc2ccc(C(=O)O)o2)c1. The summed E-state index contributed by atoms with van der Waals surface area (Å²) in [5, 5.41) is 11.8. The van der Waals surface area contributed by atoms with Gasteiger partial charge in [0.2, 0.25) is 5.76 Å². The monoisotopic (exact) mass is 231 g/mol. The molecule has 0 saturated carbocycles. The summed E-state index contributed by atoms with van der Waals surface area (Å²) in [4.78, 5) is 10.7. The van der Waals surface area contributed by atoms with Crippen molar-refractivity contribution < 1.29 is 14.3 Å². The van der Waals surface area contributed by atoms with Crippen LogP contribution in [0.4, 0.5) is 11.6 Å². The zero-order chi connectivity index (χ0) is 12.4. The summed E-state index contributed by atoms with van der Waals surface area (Å²) in [7, 11) is 0. The zero-order valence-corrected chi connectivity index (χ0v) is 9.65. The van der Waals surface area contributed by atoms with E-state index in [0.717, 1.165) is 16.8 Å². The second-order valence-corrected chi connectivity index (χ2v) is 3.91. The first kappa shape index (κ1) is 11.3. The van der Waals surface area contributed by atoms with Gasteiger partial charge in [0.05, 0.1) is 0 Å². The first-order valence-electron chi connectivity index (χ1n) is 5.23. The standard InChI is InChI=1S/C13H13NO3/c1-8-3-4-9(2)10(7-8)14-12-6-5-11(17-12)13(15)16/h3-7,14H,1-2H3,(H,15,16). The molecule has 0 fully saturated rings. The molecule has 4 nitrogen and oxygen atoms in total. The number of anilines is 2. The molecule has 0 aliphatic heterocycles. The van der Waals surface area contributed by atoms with E-state index in [1.807, 2.05) is 32.0 Å². The summed E-state index contributed by atoms with van der Waals surface area (Å²) < 4.78 is 5.13. The lowest BCUT2D eigenvalue weighted by molar-refractivity contribution is 0.0663. The van der Waals surface area contributed by atoms with Crippen LogP contribution >= 0.6 is 0 Å². The molecule has 2 rings (SSSR count). The van der Waals surface area contributed by atoms with E-state index in [1.54, 1.807) is 6.07 Å². The number of carbonyl (C=O) groups is 1. The Labute approximate surface area is 98.9 Å². The number of carboxylic acid groups (broad SMARTS) is 1. The van der Waals surface area contributed by atoms with Gasteiger partial charge in [-0.2, -0.15) is 0 Å². The summed E-state index contributed by atoms with van der Waals surface area (Å²) in [6.07, 6.45) is 0. The molecule has 0 bridgehead atoms. The fraction of sp³-hybridized carbons (Fsp3) is 0.154. The molecule has 0 spiro atoms. The molecule has 2 aromatic rings. The number of nitrogens with one attached hydrogen (secondary N) is 1. The third-order valence-corrected chi connectivity index (χ3v) is 2.47. The van der Waals surface area contributed by atoms with Crippen molar-refractivity contribution >= 4 is 17.5 Å². The fourth-order valence-electron chi connectivity index (χ4n) is 1.52. The van der Waals surface area contributed by atoms with E-state index in [4.69, 9.17) is 9.52 Å². The van der Waals surface area contributed by atoms with Gasteiger partial charge in [-0.25, -0.2) is 4.79 Å². The molecule has 1 aromatic carbocycles. The van der Waals surface area contributed by atoms with E-state index in [9.17, 15) is 4.79 Å². The number of hydrogen-bond donors (Lipinski definition) is 2. The van der Waals surface area contributed by atoms with Gasteiger partial charge in [-0.05, 0) is 37.1 Å². The quantitative estimate of drug-likeness (QED) is 0.850. The third kappa shape index (κ3) is 2.47. The van der Waals surface area contributed by atoms with E-state index in [0.29, 0.717) is 5.88 Å². The van der Waals surface area contributed by atoms with Crippen molar-refractivity contribution in [2.45, 2.75) is 13.8 Å². The highest BCUT2D eigenvalue weighted by Gasteiger charge is 2.09. The van der Waals surface area contributed by atoms with Crippen LogP contribution in [0, 0.1) is 13.8 Å². The smallest absolute Gasteiger partial charge is 0.371 e. The van der Waals surface area contributed by atoms with Crippen LogP contribution in [0.3, 0.4) is 0 Å². The van der Waals surface area contributed by atoms with Gasteiger partial charge in [0.15, 0.2) is 5.88 Å². The molecule has 4 heteroatoms. The second kappa shape index (κ2) is 4.33. The highest BCUT2D eigenvalue weighted by Crippen LogP contribution is 2.23. The first-order valence-corrected chi connectivity index (χ1v) is 5.23. The van der Waals surface area contributed by atoms with Crippen LogP contribution in [0.5, 0.6) is 0 Å². The van der Waals surface area contributed by atoms with Crippen LogP contribution in [-0.2, 0) is 0 Å². The van der Waals surface area contributed by atoms with Crippen LogP contribution in [-0.4, -0.2) is 11.1 Å². The van der Waals surface area contributed by atoms with Crippen molar-refractivity contribution in [3.8, 4) is 0 Å². The number of hydrogen-bond acceptors (Lipinski definition) is 3. The summed E-state index contributed by atoms with van der Waals surface area (Å²) in [6, 6.07) is 9.03. The van der Waals surface area contributed by atoms with Gasteiger partial charge in [0, 0.05) is 11.8 Å². The molecular formula is C13H13NO3. The maximum absolute atomic E-state index is 10.7. The molecule has 2 N–H and O–H groups in total. The summed E-state index contributed by atoms with van der Waals surface area (Å²) in [5.74, 6) is -0.715. The van der Waals surface area contributed by atoms with Crippen molar-refractivity contribution in [1.82, 2.24) is 0 Å². The first-order chi connectivity index (χ1) is 8.06. The molecule has 1 aromatic heterocycles. The van der Waals surface area contributed by atoms with Crippen molar-refractivity contribution in [3.63, 3.8) is 0 Å². The van der Waals surface area contributed by atoms with Crippen molar-refractivity contribution in [3.05, 3.63) is 47.2 Å². The third-order valence-electron chi connectivity index (χ3n) is 2.47. The fourth-order valence-corrected chi connectivity index (χ4v) is 1.52. The summed E-state index contributed by atoms with van der Waals surface area (Å²) in [5.41, 5.74) is 3.11. The van der Waals surface area contributed by atoms with E-state index >= 15 is 0 Å². The molecule has 0 radical (unpaired) electrons. The van der Waals surface area contributed by atoms with E-state index in [1.165, 1.54) is 6.07 Å². The van der Waals surface area contributed by atoms with Crippen LogP contribution in [0.2, 0.25) is 0 Å². The lowest BCUT2D eigenvalue weighted by atomic mass is 10.1. The molecule has 17 heavy (non-hydrogen) atoms. The maximum Gasteiger partial charge on any atom is 0.371 e. The Morgan fingerprint density at radius 3 is 2.65 bits per heavy atom. The Hall–Kier alpha value is -2.23. The Morgan fingerprint density at radius 2 is 2.00 bits per heavy atom. The molecule has 0 unspecified atom stereocenters. The van der Waals surface area contributed by atoms with Crippen LogP contribution in [0.1, 0.15) is 21.7 Å². The van der Waals surface area contributed by atoms with Crippen molar-refractivity contribution in [2.75, 3.05) is 5.32 Å². The molecular weight excluding hydrogens is 218 g/mol. The average Bonchev–Trinajstić information content (AvgIpc) is 2.72. The zero-order valence-electron chi connectivity index (χ0n) is 9.65. The predicted octanol–water partition coefficient (Wildman–Crippen LogP) is 3.34. The van der Waals surface area contributed by atoms with E-state index in [-0.39, 0.29) is 5.76 Å². The minimum atomic E-state index is -1.07. The molecule has 0 amide bonds. The Bertz CT molecular complexity index is 558. The molecule has 0 saturated heterocycles. The Morgan fingerprint density at radius 1 is 1.24 bits per heavy atom. The molecule has 88 valence electrons. The highest BCUT2D eigenvalue weighted by molar-refractivity contribution is 5.85. The van der Waals surface area contributed by atoms with Crippen LogP contribution in [0.25, 0.3) is 0 Å². The van der Waals surface area contributed by atoms with Crippen LogP contribution in [0.15, 0.2) is 34.7 Å². The summed E-state index contributed by atoms with van der Waals surface area (Å²) in [6.45, 7) is 3.97. The Kier molecular flexibility index (Phi) is 2.87. The predicted molar refractivity (Wildman–Crippen MR) is 64.9 cm³/mol. The van der Waals surface area contributed by atoms with Gasteiger partial charge in [0.25, 0.3) is 0 Å². The van der Waals surface area contributed by atoms with Gasteiger partial charge in [0.1, 0.15) is 0 Å².